The molecule has 2 nitrogen and oxygen atoms in total. The van der Waals surface area contributed by atoms with E-state index in [-0.39, 0.29) is 11.9 Å². The average Bonchev–Trinajstić information content (AvgIpc) is 2.79. The standard InChI is InChI=1S/C15H21FINO/c16-13-5-6-15-12(9-13)10-14(19-15)11-18-8-4-2-1-3-7-17/h5-6,9,14,18H,1-4,7-8,10-11H2. The van der Waals surface area contributed by atoms with Gasteiger partial charge in [-0.15, -0.1) is 0 Å². The molecule has 0 fully saturated rings. The molecule has 1 atom stereocenters. The van der Waals surface area contributed by atoms with Crippen LogP contribution in [-0.4, -0.2) is 23.6 Å². The van der Waals surface area contributed by atoms with Gasteiger partial charge in [0, 0.05) is 18.5 Å². The van der Waals surface area contributed by atoms with Crippen LogP contribution in [0.4, 0.5) is 4.39 Å². The molecule has 1 unspecified atom stereocenters. The molecule has 1 N–H and O–H groups in total. The van der Waals surface area contributed by atoms with Crippen molar-refractivity contribution in [1.82, 2.24) is 5.32 Å². The van der Waals surface area contributed by atoms with Gasteiger partial charge in [0.25, 0.3) is 0 Å². The van der Waals surface area contributed by atoms with Crippen molar-refractivity contribution in [2.24, 2.45) is 0 Å². The zero-order valence-electron chi connectivity index (χ0n) is 11.1. The summed E-state index contributed by atoms with van der Waals surface area (Å²) in [6.45, 7) is 1.90. The summed E-state index contributed by atoms with van der Waals surface area (Å²) in [5.74, 6) is 0.668. The Morgan fingerprint density at radius 3 is 2.95 bits per heavy atom. The second-order valence-corrected chi connectivity index (χ2v) is 6.08. The highest BCUT2D eigenvalue weighted by atomic mass is 127. The van der Waals surface area contributed by atoms with E-state index in [0.717, 1.165) is 30.8 Å². The number of hydrogen-bond donors (Lipinski definition) is 1. The van der Waals surface area contributed by atoms with Crippen molar-refractivity contribution in [1.29, 1.82) is 0 Å². The van der Waals surface area contributed by atoms with Crippen molar-refractivity contribution in [3.63, 3.8) is 0 Å². The second-order valence-electron chi connectivity index (χ2n) is 5.00. The highest BCUT2D eigenvalue weighted by Crippen LogP contribution is 2.28. The summed E-state index contributed by atoms with van der Waals surface area (Å²) in [7, 11) is 0. The number of hydrogen-bond acceptors (Lipinski definition) is 2. The summed E-state index contributed by atoms with van der Waals surface area (Å²) < 4.78 is 20.1. The van der Waals surface area contributed by atoms with Gasteiger partial charge in [-0.05, 0) is 42.0 Å². The lowest BCUT2D eigenvalue weighted by atomic mass is 10.1. The van der Waals surface area contributed by atoms with Crippen LogP contribution >= 0.6 is 22.6 Å². The molecule has 2 rings (SSSR count). The van der Waals surface area contributed by atoms with E-state index >= 15 is 0 Å². The van der Waals surface area contributed by atoms with Crippen LogP contribution in [0.25, 0.3) is 0 Å². The lowest BCUT2D eigenvalue weighted by Gasteiger charge is -2.11. The van der Waals surface area contributed by atoms with Gasteiger partial charge >= 0.3 is 0 Å². The predicted octanol–water partition coefficient (Wildman–Crippen LogP) is 3.71. The molecule has 1 aromatic rings. The Hall–Kier alpha value is -0.360. The van der Waals surface area contributed by atoms with Crippen LogP contribution in [0.5, 0.6) is 5.75 Å². The maximum Gasteiger partial charge on any atom is 0.123 e. The van der Waals surface area contributed by atoms with Gasteiger partial charge in [-0.3, -0.25) is 0 Å². The molecule has 106 valence electrons. The van der Waals surface area contributed by atoms with E-state index in [1.165, 1.54) is 36.2 Å². The lowest BCUT2D eigenvalue weighted by molar-refractivity contribution is 0.227. The molecule has 19 heavy (non-hydrogen) atoms. The molecular weight excluding hydrogens is 356 g/mol. The first-order chi connectivity index (χ1) is 9.29. The van der Waals surface area contributed by atoms with Crippen LogP contribution in [0.3, 0.4) is 0 Å². The molecule has 0 radical (unpaired) electrons. The number of halogens is 2. The molecule has 0 saturated carbocycles. The Bertz CT molecular complexity index is 400. The van der Waals surface area contributed by atoms with Crippen molar-refractivity contribution < 1.29 is 9.13 Å². The molecule has 0 saturated heterocycles. The maximum absolute atomic E-state index is 13.1. The zero-order chi connectivity index (χ0) is 13.5. The molecule has 1 aliphatic heterocycles. The van der Waals surface area contributed by atoms with E-state index in [1.807, 2.05) is 0 Å². The van der Waals surface area contributed by atoms with Gasteiger partial charge in [-0.1, -0.05) is 35.4 Å². The molecule has 0 spiro atoms. The van der Waals surface area contributed by atoms with Crippen molar-refractivity contribution in [3.05, 3.63) is 29.6 Å². The van der Waals surface area contributed by atoms with E-state index in [4.69, 9.17) is 4.74 Å². The fourth-order valence-corrected chi connectivity index (χ4v) is 2.90. The summed E-state index contributed by atoms with van der Waals surface area (Å²) in [4.78, 5) is 0. The Balaban J connectivity index is 1.59. The van der Waals surface area contributed by atoms with Crippen molar-refractivity contribution >= 4 is 22.6 Å². The number of benzene rings is 1. The summed E-state index contributed by atoms with van der Waals surface area (Å²) in [6.07, 6.45) is 6.15. The van der Waals surface area contributed by atoms with Crippen LogP contribution in [0.15, 0.2) is 18.2 Å². The van der Waals surface area contributed by atoms with Gasteiger partial charge in [0.1, 0.15) is 17.7 Å². The largest absolute Gasteiger partial charge is 0.488 e. The van der Waals surface area contributed by atoms with Crippen molar-refractivity contribution in [2.75, 3.05) is 17.5 Å². The fraction of sp³-hybridized carbons (Fsp3) is 0.600. The van der Waals surface area contributed by atoms with Gasteiger partial charge in [-0.2, -0.15) is 0 Å². The molecule has 0 aromatic heterocycles. The Morgan fingerprint density at radius 2 is 2.11 bits per heavy atom. The third kappa shape index (κ3) is 4.91. The maximum atomic E-state index is 13.1. The average molecular weight is 377 g/mol. The van der Waals surface area contributed by atoms with Crippen LogP contribution in [0.1, 0.15) is 31.2 Å². The van der Waals surface area contributed by atoms with E-state index in [9.17, 15) is 4.39 Å². The number of fused-ring (bicyclic) bond motifs is 1. The summed E-state index contributed by atoms with van der Waals surface area (Å²) in [6, 6.07) is 4.77. The first kappa shape index (κ1) is 15.0. The third-order valence-electron chi connectivity index (χ3n) is 3.37. The molecule has 0 amide bonds. The number of ether oxygens (including phenoxy) is 1. The minimum atomic E-state index is -0.175. The fourth-order valence-electron chi connectivity index (χ4n) is 2.36. The van der Waals surface area contributed by atoms with Crippen LogP contribution in [-0.2, 0) is 6.42 Å². The Labute approximate surface area is 128 Å². The van der Waals surface area contributed by atoms with Gasteiger partial charge in [-0.25, -0.2) is 4.39 Å². The molecule has 1 aliphatic rings. The summed E-state index contributed by atoms with van der Waals surface area (Å²) in [5.41, 5.74) is 0.994. The van der Waals surface area contributed by atoms with E-state index in [2.05, 4.69) is 27.9 Å². The first-order valence-electron chi connectivity index (χ1n) is 7.01. The SMILES string of the molecule is Fc1ccc2c(c1)CC(CNCCCCCCI)O2. The Kier molecular flexibility index (Phi) is 6.37. The monoisotopic (exact) mass is 377 g/mol. The van der Waals surface area contributed by atoms with E-state index < -0.39 is 0 Å². The number of nitrogens with one attached hydrogen (secondary N) is 1. The van der Waals surface area contributed by atoms with Crippen LogP contribution < -0.4 is 10.1 Å². The molecular formula is C15H21FINO. The molecule has 4 heteroatoms. The number of rotatable bonds is 8. The third-order valence-corrected chi connectivity index (χ3v) is 4.14. The highest BCUT2D eigenvalue weighted by molar-refractivity contribution is 14.1. The minimum Gasteiger partial charge on any atom is -0.488 e. The van der Waals surface area contributed by atoms with Gasteiger partial charge in [0.2, 0.25) is 0 Å². The highest BCUT2D eigenvalue weighted by Gasteiger charge is 2.22. The minimum absolute atomic E-state index is 0.158. The number of alkyl halides is 1. The number of unbranched alkanes of at least 4 members (excludes halogenated alkanes) is 3. The quantitative estimate of drug-likeness (QED) is 0.424. The molecule has 1 aromatic carbocycles. The normalized spacial score (nSPS) is 17.3. The van der Waals surface area contributed by atoms with Gasteiger partial charge in [0.05, 0.1) is 0 Å². The topological polar surface area (TPSA) is 21.3 Å². The van der Waals surface area contributed by atoms with Gasteiger partial charge in [0.15, 0.2) is 0 Å². The van der Waals surface area contributed by atoms with Crippen molar-refractivity contribution in [3.8, 4) is 5.75 Å². The lowest BCUT2D eigenvalue weighted by Crippen LogP contribution is -2.30. The first-order valence-corrected chi connectivity index (χ1v) is 8.54. The van der Waals surface area contributed by atoms with Gasteiger partial charge < -0.3 is 10.1 Å². The predicted molar refractivity (Wildman–Crippen MR) is 84.7 cm³/mol. The van der Waals surface area contributed by atoms with Crippen molar-refractivity contribution in [2.45, 2.75) is 38.2 Å². The zero-order valence-corrected chi connectivity index (χ0v) is 13.3. The van der Waals surface area contributed by atoms with E-state index in [1.54, 1.807) is 12.1 Å². The summed E-state index contributed by atoms with van der Waals surface area (Å²) in [5, 5.41) is 3.43. The molecule has 1 heterocycles. The molecule has 0 bridgehead atoms. The second kappa shape index (κ2) is 8.04. The smallest absolute Gasteiger partial charge is 0.123 e. The Morgan fingerprint density at radius 1 is 1.26 bits per heavy atom. The summed E-state index contributed by atoms with van der Waals surface area (Å²) >= 11 is 2.43. The molecule has 0 aliphatic carbocycles. The van der Waals surface area contributed by atoms with Crippen LogP contribution in [0, 0.1) is 5.82 Å². The van der Waals surface area contributed by atoms with Crippen LogP contribution in [0.2, 0.25) is 0 Å². The van der Waals surface area contributed by atoms with E-state index in [0.29, 0.717) is 0 Å².